The first kappa shape index (κ1) is 36.6. The van der Waals surface area contributed by atoms with Gasteiger partial charge in [-0.1, -0.05) is 11.6 Å². The molecule has 4 N–H and O–H groups in total. The van der Waals surface area contributed by atoms with Gasteiger partial charge in [-0.25, -0.2) is 8.42 Å². The number of anilines is 5. The fourth-order valence-corrected chi connectivity index (χ4v) is 5.47. The summed E-state index contributed by atoms with van der Waals surface area (Å²) in [5, 5.41) is 17.7. The average Bonchev–Trinajstić information content (AvgIpc) is 2.93. The molecule has 3 aromatic carbocycles. The second-order valence-electron chi connectivity index (χ2n) is 8.40. The van der Waals surface area contributed by atoms with Crippen LogP contribution in [0, 0.1) is 5.95 Å². The minimum atomic E-state index is -5.07. The van der Waals surface area contributed by atoms with Crippen molar-refractivity contribution in [2.45, 2.75) is 9.79 Å². The topological polar surface area (TPSA) is 209 Å². The van der Waals surface area contributed by atoms with Crippen molar-refractivity contribution in [2.24, 2.45) is 0 Å². The van der Waals surface area contributed by atoms with Crippen LogP contribution in [0.5, 0.6) is 0 Å². The molecule has 13 nitrogen and oxygen atoms in total. The predicted molar refractivity (Wildman–Crippen MR) is 145 cm³/mol. The van der Waals surface area contributed by atoms with Gasteiger partial charge < -0.3 is 26.2 Å². The van der Waals surface area contributed by atoms with Gasteiger partial charge in [0.05, 0.1) is 39.4 Å². The van der Waals surface area contributed by atoms with Crippen LogP contribution in [-0.2, 0) is 19.5 Å². The Hall–Kier alpha value is -1.87. The van der Waals surface area contributed by atoms with Gasteiger partial charge in [0.25, 0.3) is 0 Å². The van der Waals surface area contributed by atoms with Crippen molar-refractivity contribution < 1.29 is 101 Å². The van der Waals surface area contributed by atoms with E-state index in [-0.39, 0.29) is 109 Å². The molecule has 0 unspecified atom stereocenters. The number of fused-ring (bicyclic) bond motifs is 2. The average molecular weight is 698 g/mol. The number of aromatic nitrogens is 2. The van der Waals surface area contributed by atoms with E-state index in [1.165, 1.54) is 36.4 Å². The number of rotatable bonds is 8. The first-order chi connectivity index (χ1) is 19.9. The van der Waals surface area contributed by atoms with Crippen LogP contribution in [0.15, 0.2) is 58.3 Å². The van der Waals surface area contributed by atoms with Crippen LogP contribution in [-0.4, -0.2) is 34.5 Å². The van der Waals surface area contributed by atoms with E-state index in [4.69, 9.17) is 28.9 Å². The summed E-state index contributed by atoms with van der Waals surface area (Å²) in [6.07, 6.45) is 0. The molecule has 0 radical (unpaired) electrons. The number of carbonyl (C=O) groups excluding carboxylic acids is 2. The fraction of sp³-hybridized carbons (Fsp3) is 0. The molecule has 0 spiro atoms. The Balaban J connectivity index is 0.00000264. The molecule has 0 atom stereocenters. The summed E-state index contributed by atoms with van der Waals surface area (Å²) >= 11 is 12.1. The molecule has 4 aromatic rings. The number of halogens is 3. The van der Waals surface area contributed by atoms with Gasteiger partial charge in [-0.15, -0.1) is 0 Å². The molecule has 20 heteroatoms. The van der Waals surface area contributed by atoms with E-state index in [1.807, 2.05) is 0 Å². The summed E-state index contributed by atoms with van der Waals surface area (Å²) in [6, 6.07) is 10.3. The second kappa shape index (κ2) is 14.7. The van der Waals surface area contributed by atoms with Crippen molar-refractivity contribution in [3.05, 3.63) is 87.0 Å². The number of ketones is 2. The quantitative estimate of drug-likeness (QED) is 0.0232. The third kappa shape index (κ3) is 7.40. The first-order valence-corrected chi connectivity index (χ1v) is 14.1. The monoisotopic (exact) mass is 697 g/mol. The Morgan fingerprint density at radius 1 is 0.909 bits per heavy atom. The molecule has 5 rings (SSSR count). The third-order valence-electron chi connectivity index (χ3n) is 5.89. The Morgan fingerprint density at radius 3 is 2.30 bits per heavy atom. The number of nitrogens with zero attached hydrogens (tertiary/aromatic N) is 2. The molecular formula is C24H12Cl2FN5Na2O8S2. The van der Waals surface area contributed by atoms with Gasteiger partial charge in [0.1, 0.15) is 15.1 Å². The zero-order chi connectivity index (χ0) is 30.3. The zero-order valence-electron chi connectivity index (χ0n) is 22.3. The number of nitrogen functional groups attached to an aromatic ring is 1. The molecule has 0 saturated carbocycles. The minimum absolute atomic E-state index is 0. The SMILES string of the molecule is Nc1ccc(Nc2ccc(S(=O)(=O)[O-])c(Nc3nc(Cl)nc(F)c3Cl)c2)c2c1C(=O)c1ccc(SOO[O-])cc1C2=O.[Na+].[Na+]. The summed E-state index contributed by atoms with van der Waals surface area (Å²) in [4.78, 5) is 33.5. The summed E-state index contributed by atoms with van der Waals surface area (Å²) in [5.41, 5.74) is 5.82. The molecular weight excluding hydrogens is 686 g/mol. The van der Waals surface area contributed by atoms with E-state index < -0.39 is 48.7 Å². The standard InChI is InChI=1S/C24H14Cl2FN5O8S2.2Na/c25-19-22(27)31-24(26)32-23(19)30-15-7-9(1-6-16(15)42(36,37)38)29-14-5-4-13(28)17-18(14)21(34)12-8-10(41-40-39-35)2-3-11(12)20(17)33;;/h1-8,29,35H,28H2,(H,30,31,32)(H,36,37,38);;/q;2*+1/p-2. The molecule has 0 bridgehead atoms. The zero-order valence-corrected chi connectivity index (χ0v) is 29.5. The van der Waals surface area contributed by atoms with Crippen LogP contribution in [0.1, 0.15) is 31.8 Å². The maximum absolute atomic E-state index is 14.0. The van der Waals surface area contributed by atoms with Crippen LogP contribution in [0.3, 0.4) is 0 Å². The maximum atomic E-state index is 14.0. The third-order valence-corrected chi connectivity index (χ3v) is 7.86. The van der Waals surface area contributed by atoms with E-state index >= 15 is 0 Å². The number of benzene rings is 3. The maximum Gasteiger partial charge on any atom is 1.00 e. The van der Waals surface area contributed by atoms with Gasteiger partial charge in [-0.05, 0) is 60.1 Å². The van der Waals surface area contributed by atoms with Crippen LogP contribution in [0.4, 0.5) is 33.0 Å². The van der Waals surface area contributed by atoms with Gasteiger partial charge in [-0.3, -0.25) is 14.6 Å². The predicted octanol–water partition coefficient (Wildman–Crippen LogP) is -2.09. The second-order valence-corrected chi connectivity index (χ2v) is 11.2. The largest absolute Gasteiger partial charge is 1.00 e. The summed E-state index contributed by atoms with van der Waals surface area (Å²) in [5.74, 6) is -2.79. The van der Waals surface area contributed by atoms with Gasteiger partial charge in [0, 0.05) is 27.4 Å². The normalized spacial score (nSPS) is 12.0. The van der Waals surface area contributed by atoms with Crippen molar-refractivity contribution in [1.82, 2.24) is 9.97 Å². The van der Waals surface area contributed by atoms with E-state index in [1.54, 1.807) is 0 Å². The Morgan fingerprint density at radius 2 is 1.61 bits per heavy atom. The number of hydrogen-bond acceptors (Lipinski definition) is 14. The molecule has 1 aliphatic carbocycles. The van der Waals surface area contributed by atoms with Crippen molar-refractivity contribution in [1.29, 1.82) is 0 Å². The smallest absolute Gasteiger partial charge is 0.744 e. The first-order valence-electron chi connectivity index (χ1n) is 11.2. The van der Waals surface area contributed by atoms with Crippen LogP contribution in [0.25, 0.3) is 0 Å². The Kier molecular flexibility index (Phi) is 12.2. The number of carbonyl (C=O) groups is 2. The van der Waals surface area contributed by atoms with Crippen molar-refractivity contribution in [3.63, 3.8) is 0 Å². The van der Waals surface area contributed by atoms with Crippen molar-refractivity contribution in [2.75, 3.05) is 16.4 Å². The summed E-state index contributed by atoms with van der Waals surface area (Å²) in [7, 11) is -5.07. The molecule has 0 fully saturated rings. The summed E-state index contributed by atoms with van der Waals surface area (Å²) < 4.78 is 54.1. The molecule has 0 saturated heterocycles. The van der Waals surface area contributed by atoms with Gasteiger partial charge in [0.2, 0.25) is 11.2 Å². The van der Waals surface area contributed by atoms with Gasteiger partial charge >= 0.3 is 59.1 Å². The molecule has 1 aliphatic rings. The minimum Gasteiger partial charge on any atom is -0.744 e. The summed E-state index contributed by atoms with van der Waals surface area (Å²) in [6.45, 7) is 0. The van der Waals surface area contributed by atoms with Crippen molar-refractivity contribution >= 4 is 85.5 Å². The molecule has 1 heterocycles. The number of nitrogens with one attached hydrogen (secondary N) is 2. The van der Waals surface area contributed by atoms with Gasteiger partial charge in [-0.2, -0.15) is 18.7 Å². The molecule has 44 heavy (non-hydrogen) atoms. The Bertz CT molecular complexity index is 1920. The van der Waals surface area contributed by atoms with E-state index in [0.29, 0.717) is 12.0 Å². The van der Waals surface area contributed by atoms with Crippen LogP contribution in [0.2, 0.25) is 10.3 Å². The van der Waals surface area contributed by atoms with Crippen LogP contribution < -0.4 is 80.7 Å². The fourth-order valence-electron chi connectivity index (χ4n) is 4.17. The molecule has 216 valence electrons. The van der Waals surface area contributed by atoms with Gasteiger partial charge in [0.15, 0.2) is 17.4 Å². The number of hydrogen-bond donors (Lipinski definition) is 3. The van der Waals surface area contributed by atoms with Crippen LogP contribution >= 0.6 is 35.2 Å². The number of nitrogens with two attached hydrogens (primary N) is 1. The molecule has 1 aromatic heterocycles. The van der Waals surface area contributed by atoms with E-state index in [0.717, 1.165) is 12.1 Å². The molecule has 0 amide bonds. The molecule has 0 aliphatic heterocycles. The van der Waals surface area contributed by atoms with Crippen molar-refractivity contribution in [3.8, 4) is 0 Å². The Labute approximate surface area is 306 Å². The van der Waals surface area contributed by atoms with E-state index in [9.17, 15) is 32.2 Å². The van der Waals surface area contributed by atoms with E-state index in [2.05, 4.69) is 30.0 Å².